The Bertz CT molecular complexity index is 744. The van der Waals surface area contributed by atoms with Gasteiger partial charge in [-0.3, -0.25) is 4.79 Å². The average molecular weight is 341 g/mol. The quantitative estimate of drug-likeness (QED) is 0.860. The van der Waals surface area contributed by atoms with Crippen molar-refractivity contribution < 1.29 is 9.90 Å². The molecule has 0 spiro atoms. The average Bonchev–Trinajstić information content (AvgIpc) is 3.00. The molecule has 3 rings (SSSR count). The molecule has 0 saturated carbocycles. The standard InChI is InChI=1S/C20H23NO2S/c1-14-6-7-19(15(2)10-14)24-13-16-4-3-5-17(11-16)20(23)21-9-8-18(22)12-21/h3-7,10-11,18,22H,8-9,12-13H2,1-2H3/t18-/m1/s1. The Labute approximate surface area is 147 Å². The zero-order valence-electron chi connectivity index (χ0n) is 14.2. The Morgan fingerprint density at radius 1 is 1.25 bits per heavy atom. The van der Waals surface area contributed by atoms with E-state index in [4.69, 9.17) is 0 Å². The monoisotopic (exact) mass is 341 g/mol. The molecule has 2 aromatic rings. The van der Waals surface area contributed by atoms with Crippen molar-refractivity contribution in [2.45, 2.75) is 37.0 Å². The van der Waals surface area contributed by atoms with Gasteiger partial charge in [0.05, 0.1) is 6.10 Å². The van der Waals surface area contributed by atoms with Gasteiger partial charge in [-0.05, 0) is 49.6 Å². The van der Waals surface area contributed by atoms with Gasteiger partial charge in [-0.25, -0.2) is 0 Å². The number of rotatable bonds is 4. The molecule has 4 heteroatoms. The van der Waals surface area contributed by atoms with Gasteiger partial charge in [-0.1, -0.05) is 29.8 Å². The molecule has 1 N–H and O–H groups in total. The predicted molar refractivity (Wildman–Crippen MR) is 98.4 cm³/mol. The number of hydrogen-bond donors (Lipinski definition) is 1. The van der Waals surface area contributed by atoms with Gasteiger partial charge in [0, 0.05) is 29.3 Å². The molecule has 24 heavy (non-hydrogen) atoms. The summed E-state index contributed by atoms with van der Waals surface area (Å²) < 4.78 is 0. The lowest BCUT2D eigenvalue weighted by atomic mass is 10.1. The normalized spacial score (nSPS) is 17.3. The van der Waals surface area contributed by atoms with Crippen molar-refractivity contribution >= 4 is 17.7 Å². The minimum Gasteiger partial charge on any atom is -0.391 e. The predicted octanol–water partition coefficient (Wildman–Crippen LogP) is 3.80. The second-order valence-electron chi connectivity index (χ2n) is 6.45. The van der Waals surface area contributed by atoms with Crippen LogP contribution < -0.4 is 0 Å². The maximum absolute atomic E-state index is 12.5. The van der Waals surface area contributed by atoms with Crippen molar-refractivity contribution in [2.24, 2.45) is 0 Å². The Kier molecular flexibility index (Phi) is 5.27. The fourth-order valence-electron chi connectivity index (χ4n) is 3.03. The summed E-state index contributed by atoms with van der Waals surface area (Å²) >= 11 is 1.80. The molecule has 1 saturated heterocycles. The maximum Gasteiger partial charge on any atom is 0.253 e. The molecule has 1 amide bonds. The van der Waals surface area contributed by atoms with Crippen LogP contribution in [0.25, 0.3) is 0 Å². The van der Waals surface area contributed by atoms with Crippen LogP contribution in [0, 0.1) is 13.8 Å². The van der Waals surface area contributed by atoms with E-state index < -0.39 is 0 Å². The van der Waals surface area contributed by atoms with Crippen LogP contribution in [0.1, 0.15) is 33.5 Å². The van der Waals surface area contributed by atoms with Gasteiger partial charge in [-0.15, -0.1) is 11.8 Å². The van der Waals surface area contributed by atoms with Gasteiger partial charge < -0.3 is 10.0 Å². The molecule has 0 bridgehead atoms. The number of β-amino-alcohol motifs (C(OH)–C–C–N with tert-alkyl or cyclic N) is 1. The van der Waals surface area contributed by atoms with Crippen molar-refractivity contribution in [1.82, 2.24) is 4.90 Å². The molecule has 1 atom stereocenters. The molecular formula is C20H23NO2S. The summed E-state index contributed by atoms with van der Waals surface area (Å²) in [7, 11) is 0. The van der Waals surface area contributed by atoms with Crippen LogP contribution in [0.15, 0.2) is 47.4 Å². The van der Waals surface area contributed by atoms with E-state index in [0.717, 1.165) is 11.3 Å². The largest absolute Gasteiger partial charge is 0.391 e. The summed E-state index contributed by atoms with van der Waals surface area (Å²) in [4.78, 5) is 15.5. The number of carbonyl (C=O) groups excluding carboxylic acids is 1. The van der Waals surface area contributed by atoms with E-state index >= 15 is 0 Å². The molecular weight excluding hydrogens is 318 g/mol. The number of likely N-dealkylation sites (tertiary alicyclic amines) is 1. The van der Waals surface area contributed by atoms with Crippen LogP contribution >= 0.6 is 11.8 Å². The lowest BCUT2D eigenvalue weighted by Gasteiger charge is -2.16. The molecule has 1 heterocycles. The summed E-state index contributed by atoms with van der Waals surface area (Å²) in [5.74, 6) is 0.859. The molecule has 1 aliphatic rings. The Hall–Kier alpha value is -1.78. The topological polar surface area (TPSA) is 40.5 Å². The minimum atomic E-state index is -0.378. The first kappa shape index (κ1) is 17.1. The summed E-state index contributed by atoms with van der Waals surface area (Å²) in [5.41, 5.74) is 4.42. The van der Waals surface area contributed by atoms with Gasteiger partial charge in [0.1, 0.15) is 0 Å². The highest BCUT2D eigenvalue weighted by atomic mass is 32.2. The Morgan fingerprint density at radius 2 is 2.08 bits per heavy atom. The van der Waals surface area contributed by atoms with Gasteiger partial charge in [0.15, 0.2) is 0 Å². The van der Waals surface area contributed by atoms with Gasteiger partial charge in [0.25, 0.3) is 5.91 Å². The number of carbonyl (C=O) groups is 1. The zero-order valence-corrected chi connectivity index (χ0v) is 15.0. The van der Waals surface area contributed by atoms with Crippen LogP contribution in [0.5, 0.6) is 0 Å². The first-order valence-corrected chi connectivity index (χ1v) is 9.28. The first-order chi connectivity index (χ1) is 11.5. The number of nitrogens with zero attached hydrogens (tertiary/aromatic N) is 1. The second-order valence-corrected chi connectivity index (χ2v) is 7.47. The number of amides is 1. The Morgan fingerprint density at radius 3 is 2.79 bits per heavy atom. The van der Waals surface area contributed by atoms with Crippen molar-refractivity contribution in [3.63, 3.8) is 0 Å². The molecule has 0 aromatic heterocycles. The van der Waals surface area contributed by atoms with Crippen LogP contribution in [0.2, 0.25) is 0 Å². The van der Waals surface area contributed by atoms with E-state index in [1.54, 1.807) is 16.7 Å². The van der Waals surface area contributed by atoms with Crippen LogP contribution in [-0.2, 0) is 5.75 Å². The van der Waals surface area contributed by atoms with Crippen molar-refractivity contribution in [1.29, 1.82) is 0 Å². The lowest BCUT2D eigenvalue weighted by Crippen LogP contribution is -2.29. The molecule has 0 unspecified atom stereocenters. The lowest BCUT2D eigenvalue weighted by molar-refractivity contribution is 0.0765. The third-order valence-corrected chi connectivity index (χ3v) is 5.60. The van der Waals surface area contributed by atoms with Crippen LogP contribution in [0.4, 0.5) is 0 Å². The summed E-state index contributed by atoms with van der Waals surface area (Å²) in [6.07, 6.45) is 0.297. The number of thioether (sulfide) groups is 1. The van der Waals surface area contributed by atoms with Gasteiger partial charge >= 0.3 is 0 Å². The third-order valence-electron chi connectivity index (χ3n) is 4.35. The maximum atomic E-state index is 12.5. The molecule has 3 nitrogen and oxygen atoms in total. The first-order valence-electron chi connectivity index (χ1n) is 8.29. The van der Waals surface area contributed by atoms with Crippen molar-refractivity contribution in [2.75, 3.05) is 13.1 Å². The minimum absolute atomic E-state index is 0.0184. The molecule has 1 aliphatic heterocycles. The number of hydrogen-bond acceptors (Lipinski definition) is 3. The molecule has 126 valence electrons. The molecule has 1 fully saturated rings. The zero-order chi connectivity index (χ0) is 17.1. The van der Waals surface area contributed by atoms with E-state index in [9.17, 15) is 9.90 Å². The highest BCUT2D eigenvalue weighted by molar-refractivity contribution is 7.98. The number of benzene rings is 2. The van der Waals surface area contributed by atoms with Gasteiger partial charge in [0.2, 0.25) is 0 Å². The highest BCUT2D eigenvalue weighted by Crippen LogP contribution is 2.27. The highest BCUT2D eigenvalue weighted by Gasteiger charge is 2.25. The van der Waals surface area contributed by atoms with Crippen LogP contribution in [-0.4, -0.2) is 35.1 Å². The second kappa shape index (κ2) is 7.41. The van der Waals surface area contributed by atoms with E-state index in [2.05, 4.69) is 38.1 Å². The Balaban J connectivity index is 1.68. The molecule has 0 aliphatic carbocycles. The van der Waals surface area contributed by atoms with Gasteiger partial charge in [-0.2, -0.15) is 0 Å². The number of aryl methyl sites for hydroxylation is 2. The molecule has 2 aromatic carbocycles. The van der Waals surface area contributed by atoms with E-state index in [-0.39, 0.29) is 12.0 Å². The smallest absolute Gasteiger partial charge is 0.253 e. The summed E-state index contributed by atoms with van der Waals surface area (Å²) in [6, 6.07) is 14.3. The fraction of sp³-hybridized carbons (Fsp3) is 0.350. The molecule has 0 radical (unpaired) electrons. The van der Waals surface area contributed by atoms with E-state index in [0.29, 0.717) is 25.1 Å². The SMILES string of the molecule is Cc1ccc(SCc2cccc(C(=O)N3CC[C@@H](O)C3)c2)c(C)c1. The van der Waals surface area contributed by atoms with E-state index in [1.807, 2.05) is 18.2 Å². The number of aliphatic hydroxyl groups is 1. The van der Waals surface area contributed by atoms with E-state index in [1.165, 1.54) is 16.0 Å². The van der Waals surface area contributed by atoms with Crippen LogP contribution in [0.3, 0.4) is 0 Å². The summed E-state index contributed by atoms with van der Waals surface area (Å²) in [6.45, 7) is 5.32. The summed E-state index contributed by atoms with van der Waals surface area (Å²) in [5, 5.41) is 9.61. The fourth-order valence-corrected chi connectivity index (χ4v) is 3.98. The van der Waals surface area contributed by atoms with Crippen molar-refractivity contribution in [3.8, 4) is 0 Å². The number of aliphatic hydroxyl groups excluding tert-OH is 1. The van der Waals surface area contributed by atoms with Crippen molar-refractivity contribution in [3.05, 3.63) is 64.7 Å². The third kappa shape index (κ3) is 4.00.